The second kappa shape index (κ2) is 10.8. The first kappa shape index (κ1) is 25.6. The summed E-state index contributed by atoms with van der Waals surface area (Å²) in [4.78, 5) is 27.2. The topological polar surface area (TPSA) is 124 Å². The second-order valence-corrected chi connectivity index (χ2v) is 10.1. The molecule has 38 heavy (non-hydrogen) atoms. The van der Waals surface area contributed by atoms with Gasteiger partial charge in [0.1, 0.15) is 6.61 Å². The number of amides is 2. The van der Waals surface area contributed by atoms with Crippen molar-refractivity contribution in [2.24, 2.45) is 5.73 Å². The Hall–Kier alpha value is -4.02. The molecule has 1 aliphatic heterocycles. The van der Waals surface area contributed by atoms with Crippen LogP contribution in [0.15, 0.2) is 60.7 Å². The Morgan fingerprint density at radius 2 is 1.82 bits per heavy atom. The molecule has 0 spiro atoms. The van der Waals surface area contributed by atoms with Crippen LogP contribution in [-0.2, 0) is 27.3 Å². The van der Waals surface area contributed by atoms with E-state index in [2.05, 4.69) is 39.8 Å². The molecule has 2 aromatic carbocycles. The lowest BCUT2D eigenvalue weighted by atomic mass is 9.99. The van der Waals surface area contributed by atoms with E-state index in [0.29, 0.717) is 49.9 Å². The van der Waals surface area contributed by atoms with Gasteiger partial charge in [0.15, 0.2) is 11.5 Å². The zero-order valence-corrected chi connectivity index (χ0v) is 21.6. The Bertz CT molecular complexity index is 1450. The van der Waals surface area contributed by atoms with E-state index in [9.17, 15) is 9.59 Å². The quantitative estimate of drug-likeness (QED) is 0.387. The molecule has 3 N–H and O–H groups in total. The van der Waals surface area contributed by atoms with Crippen LogP contribution >= 0.6 is 0 Å². The fraction of sp³-hybridized carbons (Fsp3) is 0.357. The third-order valence-electron chi connectivity index (χ3n) is 6.60. The van der Waals surface area contributed by atoms with Gasteiger partial charge >= 0.3 is 6.09 Å². The number of hydrogen-bond acceptors (Lipinski definition) is 7. The summed E-state index contributed by atoms with van der Waals surface area (Å²) in [6.45, 7) is 5.33. The highest BCUT2D eigenvalue weighted by atomic mass is 16.6. The molecule has 0 bridgehead atoms. The van der Waals surface area contributed by atoms with Crippen molar-refractivity contribution in [2.45, 2.75) is 38.5 Å². The van der Waals surface area contributed by atoms with Crippen LogP contribution in [0.2, 0.25) is 0 Å². The fourth-order valence-electron chi connectivity index (χ4n) is 4.49. The largest absolute Gasteiger partial charge is 0.443 e. The van der Waals surface area contributed by atoms with E-state index < -0.39 is 17.7 Å². The highest BCUT2D eigenvalue weighted by Crippen LogP contribution is 2.24. The molecule has 10 heteroatoms. The number of aromatic nitrogens is 3. The number of nitrogens with two attached hydrogens (primary N) is 1. The van der Waals surface area contributed by atoms with Crippen LogP contribution in [0, 0.1) is 0 Å². The monoisotopic (exact) mass is 516 g/mol. The number of nitrogens with zero attached hydrogens (tertiary/aromatic N) is 4. The number of fused-ring (bicyclic) bond motifs is 2. The summed E-state index contributed by atoms with van der Waals surface area (Å²) in [6.07, 6.45) is 0.0702. The second-order valence-electron chi connectivity index (χ2n) is 10.1. The molecule has 0 radical (unpaired) electrons. The van der Waals surface area contributed by atoms with Crippen molar-refractivity contribution in [3.05, 3.63) is 77.7 Å². The number of pyridine rings is 1. The van der Waals surface area contributed by atoms with Gasteiger partial charge in [-0.05, 0) is 48.7 Å². The minimum Gasteiger partial charge on any atom is -0.443 e. The predicted octanol–water partition coefficient (Wildman–Crippen LogP) is 2.99. The lowest BCUT2D eigenvalue weighted by Gasteiger charge is -2.26. The van der Waals surface area contributed by atoms with Crippen molar-refractivity contribution in [3.8, 4) is 0 Å². The molecule has 198 valence electrons. The number of hydrogen-bond donors (Lipinski definition) is 2. The van der Waals surface area contributed by atoms with Gasteiger partial charge in [-0.15, -0.1) is 10.2 Å². The minimum atomic E-state index is -1.08. The highest BCUT2D eigenvalue weighted by Gasteiger charge is 2.29. The van der Waals surface area contributed by atoms with Crippen LogP contribution in [0.25, 0.3) is 16.4 Å². The van der Waals surface area contributed by atoms with Gasteiger partial charge in [0.2, 0.25) is 5.91 Å². The van der Waals surface area contributed by atoms with Crippen LogP contribution in [0.4, 0.5) is 4.79 Å². The Morgan fingerprint density at radius 1 is 1.05 bits per heavy atom. The third kappa shape index (κ3) is 5.61. The van der Waals surface area contributed by atoms with Crippen molar-refractivity contribution in [1.29, 1.82) is 0 Å². The van der Waals surface area contributed by atoms with Crippen molar-refractivity contribution in [2.75, 3.05) is 26.3 Å². The van der Waals surface area contributed by atoms with Gasteiger partial charge in [-0.1, -0.05) is 48.5 Å². The fourth-order valence-corrected chi connectivity index (χ4v) is 4.49. The van der Waals surface area contributed by atoms with E-state index in [4.69, 9.17) is 15.2 Å². The lowest BCUT2D eigenvalue weighted by molar-refractivity contribution is -0.126. The van der Waals surface area contributed by atoms with Gasteiger partial charge in [0.25, 0.3) is 0 Å². The summed E-state index contributed by atoms with van der Waals surface area (Å²) >= 11 is 0. The van der Waals surface area contributed by atoms with Crippen LogP contribution in [0.3, 0.4) is 0 Å². The normalized spacial score (nSPS) is 15.0. The van der Waals surface area contributed by atoms with E-state index in [1.807, 2.05) is 40.8 Å². The first-order valence-corrected chi connectivity index (χ1v) is 12.7. The maximum atomic E-state index is 13.0. The van der Waals surface area contributed by atoms with E-state index in [0.717, 1.165) is 16.3 Å². The maximum Gasteiger partial charge on any atom is 0.410 e. The van der Waals surface area contributed by atoms with Crippen LogP contribution in [-0.4, -0.2) is 63.3 Å². The van der Waals surface area contributed by atoms with Gasteiger partial charge < -0.3 is 25.4 Å². The number of carbonyl (C=O) groups is 2. The van der Waals surface area contributed by atoms with E-state index in [-0.39, 0.29) is 12.5 Å². The Labute approximate surface area is 220 Å². The smallest absolute Gasteiger partial charge is 0.410 e. The number of carbonyl (C=O) groups excluding carboxylic acids is 2. The Balaban J connectivity index is 1.46. The Kier molecular flexibility index (Phi) is 7.26. The number of ether oxygens (including phenoxy) is 2. The standard InChI is InChI=1S/C28H32N6O4/c1-28(2,29)26(35)30-23(17-19-10-11-20-6-3-4-7-21(20)16-19)25-32-31-24-9-5-8-22(34(24)25)18-38-27(36)33-12-14-37-15-13-33/h3-11,16,23H,12-15,17-18,29H2,1-2H3,(H,30,35)/t23-/m1/s1. The zero-order chi connectivity index (χ0) is 26.7. The molecule has 4 aromatic rings. The van der Waals surface area contributed by atoms with Crippen LogP contribution < -0.4 is 11.1 Å². The SMILES string of the molecule is CC(C)(N)C(=O)N[C@H](Cc1ccc2ccccc2c1)c1nnc2cccc(COC(=O)N3CCOCC3)n12. The minimum absolute atomic E-state index is 0.0254. The van der Waals surface area contributed by atoms with Crippen LogP contribution in [0.1, 0.15) is 37.0 Å². The lowest BCUT2D eigenvalue weighted by Crippen LogP contribution is -2.50. The third-order valence-corrected chi connectivity index (χ3v) is 6.60. The number of morpholine rings is 1. The molecule has 2 aromatic heterocycles. The number of rotatable bonds is 7. The first-order chi connectivity index (χ1) is 18.3. The van der Waals surface area contributed by atoms with E-state index >= 15 is 0 Å². The van der Waals surface area contributed by atoms with Crippen LogP contribution in [0.5, 0.6) is 0 Å². The highest BCUT2D eigenvalue weighted by molar-refractivity contribution is 5.85. The summed E-state index contributed by atoms with van der Waals surface area (Å²) in [5, 5.41) is 14.1. The molecule has 1 aliphatic rings. The number of nitrogens with one attached hydrogen (secondary N) is 1. The predicted molar refractivity (Wildman–Crippen MR) is 142 cm³/mol. The molecule has 0 saturated carbocycles. The molecular formula is C28H32N6O4. The van der Waals surface area contributed by atoms with Gasteiger partial charge in [0.05, 0.1) is 30.5 Å². The summed E-state index contributed by atoms with van der Waals surface area (Å²) in [5.41, 5.74) is 7.33. The summed E-state index contributed by atoms with van der Waals surface area (Å²) in [6, 6.07) is 19.3. The molecule has 0 unspecified atom stereocenters. The van der Waals surface area contributed by atoms with Crippen molar-refractivity contribution in [1.82, 2.24) is 24.8 Å². The zero-order valence-electron chi connectivity index (χ0n) is 21.6. The molecule has 5 rings (SSSR count). The van der Waals surface area contributed by atoms with Gasteiger partial charge in [-0.3, -0.25) is 9.20 Å². The molecule has 3 heterocycles. The van der Waals surface area contributed by atoms with Crippen molar-refractivity contribution in [3.63, 3.8) is 0 Å². The summed E-state index contributed by atoms with van der Waals surface area (Å²) in [5.74, 6) is 0.222. The van der Waals surface area contributed by atoms with Crippen molar-refractivity contribution < 1.29 is 19.1 Å². The average molecular weight is 517 g/mol. The molecule has 1 saturated heterocycles. The van der Waals surface area contributed by atoms with Gasteiger partial charge in [-0.2, -0.15) is 0 Å². The average Bonchev–Trinajstić information content (AvgIpc) is 3.36. The van der Waals surface area contributed by atoms with E-state index in [1.165, 1.54) is 0 Å². The van der Waals surface area contributed by atoms with Gasteiger partial charge in [-0.25, -0.2) is 4.79 Å². The first-order valence-electron chi connectivity index (χ1n) is 12.7. The molecule has 0 aliphatic carbocycles. The van der Waals surface area contributed by atoms with Crippen molar-refractivity contribution >= 4 is 28.4 Å². The molecular weight excluding hydrogens is 484 g/mol. The Morgan fingerprint density at radius 3 is 2.58 bits per heavy atom. The molecule has 1 fully saturated rings. The molecule has 1 atom stereocenters. The maximum absolute atomic E-state index is 13.0. The molecule has 2 amide bonds. The van der Waals surface area contributed by atoms with Gasteiger partial charge in [0, 0.05) is 13.1 Å². The van der Waals surface area contributed by atoms with E-state index in [1.54, 1.807) is 18.7 Å². The number of benzene rings is 2. The summed E-state index contributed by atoms with van der Waals surface area (Å²) in [7, 11) is 0. The summed E-state index contributed by atoms with van der Waals surface area (Å²) < 4.78 is 12.8. The molecule has 10 nitrogen and oxygen atoms in total.